The van der Waals surface area contributed by atoms with Gasteiger partial charge in [-0.2, -0.15) is 5.48 Å². The van der Waals surface area contributed by atoms with Gasteiger partial charge in [0.05, 0.1) is 6.61 Å². The van der Waals surface area contributed by atoms with Gasteiger partial charge in [0.1, 0.15) is 5.41 Å². The highest BCUT2D eigenvalue weighted by Crippen LogP contribution is 2.53. The van der Waals surface area contributed by atoms with Crippen molar-refractivity contribution >= 4 is 11.9 Å². The minimum atomic E-state index is -1.47. The number of carbonyl (C=O) groups is 2. The van der Waals surface area contributed by atoms with Crippen molar-refractivity contribution < 1.29 is 24.6 Å². The average Bonchev–Trinajstić information content (AvgIpc) is 3.21. The number of hydrogen-bond acceptors (Lipinski definition) is 4. The highest BCUT2D eigenvalue weighted by molar-refractivity contribution is 5.90. The van der Waals surface area contributed by atoms with Gasteiger partial charge in [-0.05, 0) is 24.7 Å². The molecule has 2 aliphatic carbocycles. The zero-order valence-corrected chi connectivity index (χ0v) is 10.7. The standard InChI is InChI=1S/C13H19NO5/c15-10(16)12(5-8-1-2-8)7-19-14-13(12,11(17)18)6-9-3-4-9/h8-9,14H,1-7H2,(H,15,16)(H,17,18). The summed E-state index contributed by atoms with van der Waals surface area (Å²) in [5.74, 6) is -1.51. The van der Waals surface area contributed by atoms with Crippen LogP contribution in [0.25, 0.3) is 0 Å². The van der Waals surface area contributed by atoms with Crippen LogP contribution in [0.5, 0.6) is 0 Å². The number of carboxylic acids is 2. The second-order valence-electron chi connectivity index (χ2n) is 6.28. The SMILES string of the molecule is O=C(O)C1(CC2CC2)CONC1(CC1CC1)C(=O)O. The van der Waals surface area contributed by atoms with Crippen LogP contribution in [0.1, 0.15) is 38.5 Å². The summed E-state index contributed by atoms with van der Waals surface area (Å²) >= 11 is 0. The Balaban J connectivity index is 1.97. The van der Waals surface area contributed by atoms with E-state index < -0.39 is 22.9 Å². The molecule has 0 spiro atoms. The van der Waals surface area contributed by atoms with Crippen LogP contribution in [0, 0.1) is 17.3 Å². The van der Waals surface area contributed by atoms with Crippen LogP contribution in [0.3, 0.4) is 0 Å². The van der Waals surface area contributed by atoms with Gasteiger partial charge in [-0.1, -0.05) is 25.7 Å². The minimum Gasteiger partial charge on any atom is -0.481 e. The summed E-state index contributed by atoms with van der Waals surface area (Å²) in [5, 5.41) is 19.3. The van der Waals surface area contributed by atoms with Crippen LogP contribution in [0.4, 0.5) is 0 Å². The first kappa shape index (κ1) is 12.9. The van der Waals surface area contributed by atoms with Crippen molar-refractivity contribution in [3.05, 3.63) is 0 Å². The molecule has 2 unspecified atom stereocenters. The lowest BCUT2D eigenvalue weighted by atomic mass is 9.65. The molecule has 1 aliphatic heterocycles. The summed E-state index contributed by atoms with van der Waals surface area (Å²) in [7, 11) is 0. The summed E-state index contributed by atoms with van der Waals surface area (Å²) in [6, 6.07) is 0. The van der Waals surface area contributed by atoms with Gasteiger partial charge in [0.25, 0.3) is 0 Å². The summed E-state index contributed by atoms with van der Waals surface area (Å²) < 4.78 is 0. The molecule has 106 valence electrons. The molecular weight excluding hydrogens is 250 g/mol. The van der Waals surface area contributed by atoms with Gasteiger partial charge in [0.15, 0.2) is 5.54 Å². The molecule has 3 fully saturated rings. The molecule has 6 heteroatoms. The fraction of sp³-hybridized carbons (Fsp3) is 0.846. The Bertz CT molecular complexity index is 379. The van der Waals surface area contributed by atoms with Crippen LogP contribution < -0.4 is 5.48 Å². The lowest BCUT2D eigenvalue weighted by Gasteiger charge is -2.37. The van der Waals surface area contributed by atoms with E-state index in [-0.39, 0.29) is 6.61 Å². The third kappa shape index (κ3) is 1.94. The van der Waals surface area contributed by atoms with Crippen LogP contribution in [-0.2, 0) is 14.4 Å². The van der Waals surface area contributed by atoms with Crippen molar-refractivity contribution in [2.45, 2.75) is 44.1 Å². The number of nitrogens with one attached hydrogen (secondary N) is 1. The van der Waals surface area contributed by atoms with Crippen LogP contribution in [0.2, 0.25) is 0 Å². The Hall–Kier alpha value is -1.14. The Morgan fingerprint density at radius 3 is 2.11 bits per heavy atom. The van der Waals surface area contributed by atoms with Crippen LogP contribution in [-0.4, -0.2) is 34.3 Å². The normalized spacial score (nSPS) is 38.3. The molecule has 1 saturated heterocycles. The van der Waals surface area contributed by atoms with E-state index in [1.165, 1.54) is 0 Å². The minimum absolute atomic E-state index is 0.0577. The molecule has 2 atom stereocenters. The van der Waals surface area contributed by atoms with Gasteiger partial charge < -0.3 is 10.2 Å². The predicted octanol–water partition coefficient (Wildman–Crippen LogP) is 1.02. The summed E-state index contributed by atoms with van der Waals surface area (Å²) in [6.07, 6.45) is 4.70. The number of rotatable bonds is 6. The van der Waals surface area contributed by atoms with Crippen molar-refractivity contribution in [2.75, 3.05) is 6.61 Å². The summed E-state index contributed by atoms with van der Waals surface area (Å²) in [6.45, 7) is -0.0577. The monoisotopic (exact) mass is 269 g/mol. The predicted molar refractivity (Wildman–Crippen MR) is 64.2 cm³/mol. The first-order valence-corrected chi connectivity index (χ1v) is 6.86. The Labute approximate surface area is 111 Å². The van der Waals surface area contributed by atoms with Crippen LogP contribution >= 0.6 is 0 Å². The topological polar surface area (TPSA) is 95.9 Å². The maximum absolute atomic E-state index is 11.8. The molecule has 0 aromatic rings. The molecule has 1 heterocycles. The second kappa shape index (κ2) is 4.18. The van der Waals surface area contributed by atoms with E-state index >= 15 is 0 Å². The smallest absolute Gasteiger partial charge is 0.327 e. The average molecular weight is 269 g/mol. The van der Waals surface area contributed by atoms with Gasteiger partial charge in [-0.3, -0.25) is 14.4 Å². The molecule has 19 heavy (non-hydrogen) atoms. The van der Waals surface area contributed by atoms with Crippen molar-refractivity contribution in [1.82, 2.24) is 5.48 Å². The van der Waals surface area contributed by atoms with E-state index in [0.29, 0.717) is 24.7 Å². The lowest BCUT2D eigenvalue weighted by Crippen LogP contribution is -2.62. The third-order valence-electron chi connectivity index (χ3n) is 4.78. The van der Waals surface area contributed by atoms with E-state index in [1.807, 2.05) is 0 Å². The van der Waals surface area contributed by atoms with Gasteiger partial charge in [0.2, 0.25) is 0 Å². The fourth-order valence-corrected chi connectivity index (χ4v) is 3.21. The highest BCUT2D eigenvalue weighted by Gasteiger charge is 2.67. The number of carboxylic acid groups (broad SMARTS) is 2. The maximum atomic E-state index is 11.8. The van der Waals surface area contributed by atoms with E-state index in [4.69, 9.17) is 4.84 Å². The second-order valence-corrected chi connectivity index (χ2v) is 6.28. The molecule has 0 radical (unpaired) electrons. The van der Waals surface area contributed by atoms with E-state index in [0.717, 1.165) is 25.7 Å². The molecule has 3 rings (SSSR count). The molecule has 2 saturated carbocycles. The molecular formula is C13H19NO5. The molecule has 6 nitrogen and oxygen atoms in total. The summed E-state index contributed by atoms with van der Waals surface area (Å²) in [4.78, 5) is 28.8. The number of hydrogen-bond donors (Lipinski definition) is 3. The van der Waals surface area contributed by atoms with E-state index in [9.17, 15) is 19.8 Å². The van der Waals surface area contributed by atoms with Gasteiger partial charge in [-0.25, -0.2) is 0 Å². The lowest BCUT2D eigenvalue weighted by molar-refractivity contribution is -0.165. The molecule has 0 bridgehead atoms. The Morgan fingerprint density at radius 2 is 1.63 bits per heavy atom. The largest absolute Gasteiger partial charge is 0.481 e. The van der Waals surface area contributed by atoms with Crippen molar-refractivity contribution in [3.8, 4) is 0 Å². The molecule has 3 aliphatic rings. The molecule has 0 amide bonds. The fourth-order valence-electron chi connectivity index (χ4n) is 3.21. The van der Waals surface area contributed by atoms with Gasteiger partial charge >= 0.3 is 11.9 Å². The first-order valence-electron chi connectivity index (χ1n) is 6.86. The molecule has 3 N–H and O–H groups in total. The van der Waals surface area contributed by atoms with Crippen LogP contribution in [0.15, 0.2) is 0 Å². The zero-order chi connectivity index (χ0) is 13.7. The Kier molecular flexibility index (Phi) is 2.83. The number of hydroxylamine groups is 1. The summed E-state index contributed by atoms with van der Waals surface area (Å²) in [5.41, 5.74) is -0.234. The number of aliphatic carboxylic acids is 2. The third-order valence-corrected chi connectivity index (χ3v) is 4.78. The molecule has 0 aromatic heterocycles. The molecule has 0 aromatic carbocycles. The van der Waals surface area contributed by atoms with Crippen molar-refractivity contribution in [1.29, 1.82) is 0 Å². The Morgan fingerprint density at radius 1 is 1.05 bits per heavy atom. The van der Waals surface area contributed by atoms with E-state index in [2.05, 4.69) is 5.48 Å². The van der Waals surface area contributed by atoms with Gasteiger partial charge in [-0.15, -0.1) is 0 Å². The first-order chi connectivity index (χ1) is 9.00. The van der Waals surface area contributed by atoms with Crippen molar-refractivity contribution in [3.63, 3.8) is 0 Å². The maximum Gasteiger partial charge on any atom is 0.327 e. The van der Waals surface area contributed by atoms with Gasteiger partial charge in [0, 0.05) is 0 Å². The zero-order valence-electron chi connectivity index (χ0n) is 10.7. The van der Waals surface area contributed by atoms with E-state index in [1.54, 1.807) is 0 Å². The van der Waals surface area contributed by atoms with Crippen molar-refractivity contribution in [2.24, 2.45) is 17.3 Å². The quantitative estimate of drug-likeness (QED) is 0.666. The highest BCUT2D eigenvalue weighted by atomic mass is 16.7.